The second-order valence-electron chi connectivity index (χ2n) is 2.78. The molecule has 14 heavy (non-hydrogen) atoms. The first-order valence-electron chi connectivity index (χ1n) is 3.96. The molecule has 0 radical (unpaired) electrons. The Morgan fingerprint density at radius 1 is 1.43 bits per heavy atom. The van der Waals surface area contributed by atoms with Crippen molar-refractivity contribution in [3.8, 4) is 0 Å². The monoisotopic (exact) mass is 195 g/mol. The van der Waals surface area contributed by atoms with Gasteiger partial charge in [0, 0.05) is 0 Å². The molecular weight excluding hydrogens is 186 g/mol. The number of ketones is 1. The van der Waals surface area contributed by atoms with Crippen LogP contribution in [0.5, 0.6) is 0 Å². The first-order chi connectivity index (χ1) is 6.65. The Bertz CT molecular complexity index is 341. The molecule has 1 aliphatic carbocycles. The number of oxime groups is 1. The molecule has 5 heteroatoms. The van der Waals surface area contributed by atoms with E-state index in [0.717, 1.165) is 0 Å². The summed E-state index contributed by atoms with van der Waals surface area (Å²) in [6.45, 7) is 0. The van der Waals surface area contributed by atoms with Crippen LogP contribution in [0.3, 0.4) is 0 Å². The van der Waals surface area contributed by atoms with Crippen molar-refractivity contribution < 1.29 is 19.9 Å². The number of Topliss-reactive ketones (excluding diaryl/α,β-unsaturated/α-hetero) is 1. The molecular formula is C9H9NO4. The van der Waals surface area contributed by atoms with Crippen LogP contribution in [0.25, 0.3) is 0 Å². The van der Waals surface area contributed by atoms with E-state index in [1.807, 2.05) is 0 Å². The fourth-order valence-corrected chi connectivity index (χ4v) is 1.16. The Kier molecular flexibility index (Phi) is 3.17. The maximum Gasteiger partial charge on any atom is 0.310 e. The number of carbonyl (C=O) groups excluding carboxylic acids is 1. The summed E-state index contributed by atoms with van der Waals surface area (Å²) in [5.74, 6) is -2.43. The molecule has 0 saturated heterocycles. The van der Waals surface area contributed by atoms with Crippen LogP contribution in [-0.2, 0) is 9.59 Å². The highest BCUT2D eigenvalue weighted by atomic mass is 16.4. The predicted octanol–water partition coefficient (Wildman–Crippen LogP) is 0.603. The van der Waals surface area contributed by atoms with E-state index in [-0.39, 0.29) is 5.71 Å². The molecule has 1 unspecified atom stereocenters. The molecule has 74 valence electrons. The summed E-state index contributed by atoms with van der Waals surface area (Å²) in [5, 5.41) is 19.9. The van der Waals surface area contributed by atoms with Gasteiger partial charge in [0.2, 0.25) is 0 Å². The van der Waals surface area contributed by atoms with Gasteiger partial charge in [-0.15, -0.1) is 0 Å². The topological polar surface area (TPSA) is 87.0 Å². The van der Waals surface area contributed by atoms with Gasteiger partial charge in [-0.05, 0) is 6.08 Å². The summed E-state index contributed by atoms with van der Waals surface area (Å²) in [7, 11) is 0. The minimum absolute atomic E-state index is 0.166. The molecule has 0 spiro atoms. The van der Waals surface area contributed by atoms with E-state index in [1.54, 1.807) is 12.2 Å². The quantitative estimate of drug-likeness (QED) is 0.392. The summed E-state index contributed by atoms with van der Waals surface area (Å²) < 4.78 is 0. The molecule has 0 saturated carbocycles. The van der Waals surface area contributed by atoms with E-state index >= 15 is 0 Å². The Labute approximate surface area is 80.0 Å². The molecule has 0 aromatic rings. The normalized spacial score (nSPS) is 22.6. The van der Waals surface area contributed by atoms with Crippen LogP contribution >= 0.6 is 0 Å². The Balaban J connectivity index is 2.77. The minimum Gasteiger partial charge on any atom is -0.481 e. The molecule has 1 atom stereocenters. The minimum atomic E-state index is -1.18. The average Bonchev–Trinajstić information content (AvgIpc) is 2.16. The zero-order valence-electron chi connectivity index (χ0n) is 7.25. The third kappa shape index (κ3) is 2.29. The van der Waals surface area contributed by atoms with E-state index in [0.29, 0.717) is 0 Å². The number of rotatable bonds is 3. The van der Waals surface area contributed by atoms with E-state index in [4.69, 9.17) is 10.3 Å². The molecule has 0 heterocycles. The van der Waals surface area contributed by atoms with Crippen LogP contribution < -0.4 is 0 Å². The van der Waals surface area contributed by atoms with E-state index in [2.05, 4.69) is 5.16 Å². The first-order valence-corrected chi connectivity index (χ1v) is 3.96. The largest absolute Gasteiger partial charge is 0.481 e. The third-order valence-corrected chi connectivity index (χ3v) is 1.79. The van der Waals surface area contributed by atoms with Gasteiger partial charge in [-0.3, -0.25) is 9.59 Å². The van der Waals surface area contributed by atoms with Crippen molar-refractivity contribution in [3.05, 3.63) is 24.3 Å². The van der Waals surface area contributed by atoms with Gasteiger partial charge in [0.05, 0.1) is 11.6 Å². The van der Waals surface area contributed by atoms with Crippen molar-refractivity contribution in [3.63, 3.8) is 0 Å². The van der Waals surface area contributed by atoms with Crippen LogP contribution in [0, 0.1) is 5.92 Å². The van der Waals surface area contributed by atoms with Gasteiger partial charge in [0.1, 0.15) is 6.42 Å². The lowest BCUT2D eigenvalue weighted by Gasteiger charge is -2.11. The number of hydrogen-bond acceptors (Lipinski definition) is 4. The van der Waals surface area contributed by atoms with Crippen molar-refractivity contribution in [2.24, 2.45) is 11.1 Å². The van der Waals surface area contributed by atoms with E-state index in [1.165, 1.54) is 12.2 Å². The van der Waals surface area contributed by atoms with Gasteiger partial charge in [-0.2, -0.15) is 0 Å². The fourth-order valence-electron chi connectivity index (χ4n) is 1.16. The number of carboxylic acids is 1. The standard InChI is InChI=1S/C9H9NO4/c11-8(5-9(12)13)6-3-1-2-4-7(6)10-14/h1-4,6,14H,5H2,(H,12,13). The molecule has 1 aliphatic rings. The SMILES string of the molecule is O=C(O)CC(=O)C1C=CC=CC1=NO. The summed E-state index contributed by atoms with van der Waals surface area (Å²) in [6.07, 6.45) is 5.62. The molecule has 0 aliphatic heterocycles. The zero-order valence-corrected chi connectivity index (χ0v) is 7.25. The van der Waals surface area contributed by atoms with Gasteiger partial charge in [-0.1, -0.05) is 23.4 Å². The molecule has 0 aromatic carbocycles. The summed E-state index contributed by atoms with van der Waals surface area (Å²) in [4.78, 5) is 21.6. The van der Waals surface area contributed by atoms with Crippen molar-refractivity contribution in [1.29, 1.82) is 0 Å². The van der Waals surface area contributed by atoms with E-state index < -0.39 is 24.1 Å². The molecule has 0 amide bonds. The molecule has 5 nitrogen and oxygen atoms in total. The van der Waals surface area contributed by atoms with Crippen molar-refractivity contribution in [1.82, 2.24) is 0 Å². The maximum absolute atomic E-state index is 11.3. The van der Waals surface area contributed by atoms with Gasteiger partial charge in [0.25, 0.3) is 0 Å². The van der Waals surface area contributed by atoms with Gasteiger partial charge in [0.15, 0.2) is 5.78 Å². The molecule has 1 rings (SSSR count). The van der Waals surface area contributed by atoms with E-state index in [9.17, 15) is 9.59 Å². The molecule has 0 aromatic heterocycles. The summed E-state index contributed by atoms with van der Waals surface area (Å²) >= 11 is 0. The predicted molar refractivity (Wildman–Crippen MR) is 48.3 cm³/mol. The highest BCUT2D eigenvalue weighted by Gasteiger charge is 2.23. The van der Waals surface area contributed by atoms with Crippen LogP contribution in [0.2, 0.25) is 0 Å². The number of carboxylic acid groups (broad SMARTS) is 1. The van der Waals surface area contributed by atoms with Crippen molar-refractivity contribution in [2.75, 3.05) is 0 Å². The molecule has 2 N–H and O–H groups in total. The van der Waals surface area contributed by atoms with Gasteiger partial charge < -0.3 is 10.3 Å². The summed E-state index contributed by atoms with van der Waals surface area (Å²) in [5.41, 5.74) is 0.166. The Hall–Kier alpha value is -1.91. The second-order valence-corrected chi connectivity index (χ2v) is 2.78. The third-order valence-electron chi connectivity index (χ3n) is 1.79. The van der Waals surface area contributed by atoms with Crippen LogP contribution in [0.4, 0.5) is 0 Å². The van der Waals surface area contributed by atoms with Crippen molar-refractivity contribution >= 4 is 17.5 Å². The Morgan fingerprint density at radius 3 is 2.71 bits per heavy atom. The lowest BCUT2D eigenvalue weighted by atomic mass is 9.92. The van der Waals surface area contributed by atoms with Crippen molar-refractivity contribution in [2.45, 2.75) is 6.42 Å². The summed E-state index contributed by atoms with van der Waals surface area (Å²) in [6, 6.07) is 0. The average molecular weight is 195 g/mol. The Morgan fingerprint density at radius 2 is 2.14 bits per heavy atom. The number of carbonyl (C=O) groups is 2. The second kappa shape index (κ2) is 4.36. The molecule has 0 fully saturated rings. The van der Waals surface area contributed by atoms with Crippen LogP contribution in [-0.4, -0.2) is 27.8 Å². The maximum atomic E-state index is 11.3. The zero-order chi connectivity index (χ0) is 10.6. The number of allylic oxidation sites excluding steroid dienone is 4. The highest BCUT2D eigenvalue weighted by Crippen LogP contribution is 2.12. The first kappa shape index (κ1) is 10.2. The number of nitrogens with zero attached hydrogens (tertiary/aromatic N) is 1. The fraction of sp³-hybridized carbons (Fsp3) is 0.222. The highest BCUT2D eigenvalue weighted by molar-refractivity contribution is 6.15. The smallest absolute Gasteiger partial charge is 0.310 e. The van der Waals surface area contributed by atoms with Crippen LogP contribution in [0.15, 0.2) is 29.5 Å². The number of aliphatic carboxylic acids is 1. The lowest BCUT2D eigenvalue weighted by molar-refractivity contribution is -0.140. The van der Waals surface area contributed by atoms with Gasteiger partial charge in [-0.25, -0.2) is 0 Å². The molecule has 0 bridgehead atoms. The van der Waals surface area contributed by atoms with Gasteiger partial charge >= 0.3 is 5.97 Å². The van der Waals surface area contributed by atoms with Crippen LogP contribution in [0.1, 0.15) is 6.42 Å². The lowest BCUT2D eigenvalue weighted by Crippen LogP contribution is -2.24. The number of hydrogen-bond donors (Lipinski definition) is 2.